The number of allylic oxidation sites excluding steroid dienone is 1. The molecule has 10 heteroatoms. The van der Waals surface area contributed by atoms with Crippen molar-refractivity contribution in [2.24, 2.45) is 0 Å². The molecule has 150 valence electrons. The molecule has 0 atom stereocenters. The summed E-state index contributed by atoms with van der Waals surface area (Å²) in [7, 11) is -3.49. The molecular formula is C18H20ClN3O5S. The molecule has 2 aromatic carbocycles. The molecule has 0 radical (unpaired) electrons. The predicted molar refractivity (Wildman–Crippen MR) is 108 cm³/mol. The molecule has 0 spiro atoms. The van der Waals surface area contributed by atoms with Gasteiger partial charge in [0.05, 0.1) is 27.0 Å². The zero-order valence-corrected chi connectivity index (χ0v) is 16.7. The van der Waals surface area contributed by atoms with Gasteiger partial charge in [0.1, 0.15) is 11.5 Å². The maximum absolute atomic E-state index is 12.4. The number of sulfone groups is 1. The van der Waals surface area contributed by atoms with Crippen molar-refractivity contribution in [2.45, 2.75) is 18.7 Å². The number of anilines is 2. The minimum atomic E-state index is -3.49. The van der Waals surface area contributed by atoms with Crippen LogP contribution in [0.4, 0.5) is 11.4 Å². The first-order chi connectivity index (χ1) is 13.2. The topological polar surface area (TPSA) is 128 Å². The first-order valence-electron chi connectivity index (χ1n) is 8.19. The van der Waals surface area contributed by atoms with E-state index >= 15 is 0 Å². The quantitative estimate of drug-likeness (QED) is 0.199. The summed E-state index contributed by atoms with van der Waals surface area (Å²) in [5, 5.41) is 22.6. The maximum atomic E-state index is 12.4. The number of carbonyl (C=O) groups excluding carboxylic acids is 1. The smallest absolute Gasteiger partial charge is 0.277 e. The third-order valence-corrected chi connectivity index (χ3v) is 5.80. The summed E-state index contributed by atoms with van der Waals surface area (Å²) in [5.41, 5.74) is 5.13. The van der Waals surface area contributed by atoms with Gasteiger partial charge in [-0.05, 0) is 37.3 Å². The van der Waals surface area contributed by atoms with E-state index in [1.54, 1.807) is 24.3 Å². The van der Waals surface area contributed by atoms with E-state index < -0.39 is 15.7 Å². The van der Waals surface area contributed by atoms with Gasteiger partial charge in [0, 0.05) is 0 Å². The second-order valence-corrected chi connectivity index (χ2v) is 8.41. The number of hydrogen-bond donors (Lipinski definition) is 5. The van der Waals surface area contributed by atoms with E-state index in [2.05, 4.69) is 16.2 Å². The summed E-state index contributed by atoms with van der Waals surface area (Å²) in [6.07, 6.45) is 0. The van der Waals surface area contributed by atoms with Gasteiger partial charge >= 0.3 is 0 Å². The highest BCUT2D eigenvalue weighted by Crippen LogP contribution is 2.27. The van der Waals surface area contributed by atoms with Crippen molar-refractivity contribution in [3.05, 3.63) is 58.9 Å². The third kappa shape index (κ3) is 5.08. The SMILES string of the molecule is CCS(=O)(=O)c1ccc(O)c(NN/C(C(=O)Nc2ccccc2Cl)=C(/C)O)c1. The van der Waals surface area contributed by atoms with Gasteiger partial charge in [-0.25, -0.2) is 8.42 Å². The highest BCUT2D eigenvalue weighted by molar-refractivity contribution is 7.91. The molecule has 0 aliphatic rings. The molecule has 0 aliphatic heterocycles. The number of hydrazine groups is 1. The van der Waals surface area contributed by atoms with Crippen molar-refractivity contribution < 1.29 is 23.4 Å². The van der Waals surface area contributed by atoms with Crippen LogP contribution < -0.4 is 16.2 Å². The molecule has 0 unspecified atom stereocenters. The lowest BCUT2D eigenvalue weighted by Gasteiger charge is -2.16. The van der Waals surface area contributed by atoms with Crippen LogP contribution in [0.15, 0.2) is 58.8 Å². The molecule has 0 aliphatic carbocycles. The first kappa shape index (κ1) is 21.4. The fourth-order valence-corrected chi connectivity index (χ4v) is 3.25. The van der Waals surface area contributed by atoms with E-state index in [9.17, 15) is 23.4 Å². The molecule has 28 heavy (non-hydrogen) atoms. The third-order valence-electron chi connectivity index (χ3n) is 3.74. The number of aliphatic hydroxyl groups excluding tert-OH is 1. The van der Waals surface area contributed by atoms with Gasteiger partial charge < -0.3 is 15.5 Å². The summed E-state index contributed by atoms with van der Waals surface area (Å²) in [5.74, 6) is -1.39. The van der Waals surface area contributed by atoms with E-state index in [-0.39, 0.29) is 33.5 Å². The van der Waals surface area contributed by atoms with Crippen molar-refractivity contribution in [3.8, 4) is 5.75 Å². The number of aliphatic hydroxyl groups is 1. The minimum absolute atomic E-state index is 0.00358. The number of hydrogen-bond acceptors (Lipinski definition) is 7. The van der Waals surface area contributed by atoms with Gasteiger partial charge in [0.25, 0.3) is 5.91 Å². The highest BCUT2D eigenvalue weighted by atomic mass is 35.5. The molecule has 5 N–H and O–H groups in total. The van der Waals surface area contributed by atoms with E-state index in [4.69, 9.17) is 11.6 Å². The number of phenols is 1. The molecule has 0 saturated carbocycles. The summed E-state index contributed by atoms with van der Waals surface area (Å²) in [4.78, 5) is 12.4. The Morgan fingerprint density at radius 1 is 1.14 bits per heavy atom. The molecule has 1 amide bonds. The number of carbonyl (C=O) groups is 1. The van der Waals surface area contributed by atoms with Gasteiger partial charge in [-0.3, -0.25) is 15.6 Å². The van der Waals surface area contributed by atoms with Gasteiger partial charge in [-0.15, -0.1) is 0 Å². The van der Waals surface area contributed by atoms with E-state index in [1.807, 2.05) is 0 Å². The molecule has 2 rings (SSSR count). The number of halogens is 1. The maximum Gasteiger partial charge on any atom is 0.277 e. The average molecular weight is 426 g/mol. The largest absolute Gasteiger partial charge is 0.510 e. The van der Waals surface area contributed by atoms with Gasteiger partial charge in [0.15, 0.2) is 15.5 Å². The van der Waals surface area contributed by atoms with Crippen LogP contribution in [0.3, 0.4) is 0 Å². The Morgan fingerprint density at radius 2 is 1.82 bits per heavy atom. The molecular weight excluding hydrogens is 406 g/mol. The van der Waals surface area contributed by atoms with Crippen molar-refractivity contribution in [1.29, 1.82) is 0 Å². The lowest BCUT2D eigenvalue weighted by Crippen LogP contribution is -2.31. The Hall–Kier alpha value is -2.91. The number of benzene rings is 2. The molecule has 8 nitrogen and oxygen atoms in total. The normalized spacial score (nSPS) is 12.1. The summed E-state index contributed by atoms with van der Waals surface area (Å²) in [6.45, 7) is 2.79. The number of phenolic OH excluding ortho intramolecular Hbond substituents is 1. The van der Waals surface area contributed by atoms with Crippen LogP contribution in [-0.4, -0.2) is 30.3 Å². The fraction of sp³-hybridized carbons (Fsp3) is 0.167. The zero-order chi connectivity index (χ0) is 20.9. The second kappa shape index (κ2) is 8.85. The number of aromatic hydroxyl groups is 1. The van der Waals surface area contributed by atoms with E-state index in [0.29, 0.717) is 10.7 Å². The lowest BCUT2D eigenvalue weighted by atomic mass is 10.3. The van der Waals surface area contributed by atoms with Crippen LogP contribution in [-0.2, 0) is 14.6 Å². The Bertz CT molecular complexity index is 1020. The first-order valence-corrected chi connectivity index (χ1v) is 10.2. The Balaban J connectivity index is 2.21. The number of rotatable bonds is 7. The van der Waals surface area contributed by atoms with Crippen LogP contribution in [0, 0.1) is 0 Å². The lowest BCUT2D eigenvalue weighted by molar-refractivity contribution is -0.113. The molecule has 0 aromatic heterocycles. The summed E-state index contributed by atoms with van der Waals surface area (Å²) < 4.78 is 24.0. The Labute approximate surface area is 167 Å². The van der Waals surface area contributed by atoms with Gasteiger partial charge in [0.2, 0.25) is 0 Å². The Kier molecular flexibility index (Phi) is 6.76. The van der Waals surface area contributed by atoms with Crippen molar-refractivity contribution in [1.82, 2.24) is 5.43 Å². The number of amides is 1. The van der Waals surface area contributed by atoms with Crippen molar-refractivity contribution in [2.75, 3.05) is 16.5 Å². The molecule has 0 bridgehead atoms. The van der Waals surface area contributed by atoms with E-state index in [1.165, 1.54) is 32.0 Å². The van der Waals surface area contributed by atoms with Crippen LogP contribution in [0.1, 0.15) is 13.8 Å². The zero-order valence-electron chi connectivity index (χ0n) is 15.2. The van der Waals surface area contributed by atoms with Gasteiger partial charge in [-0.1, -0.05) is 30.7 Å². The van der Waals surface area contributed by atoms with Crippen molar-refractivity contribution in [3.63, 3.8) is 0 Å². The fourth-order valence-electron chi connectivity index (χ4n) is 2.16. The standard InChI is InChI=1S/C18H20ClN3O5S/c1-3-28(26,27)12-8-9-16(24)15(10-12)21-22-17(11(2)23)18(25)20-14-7-5-4-6-13(14)19/h4-10,21-24H,3H2,1-2H3,(H,20,25)/b17-11-. The van der Waals surface area contributed by atoms with Crippen molar-refractivity contribution >= 4 is 38.7 Å². The van der Waals surface area contributed by atoms with Gasteiger partial charge in [-0.2, -0.15) is 0 Å². The molecule has 0 heterocycles. The van der Waals surface area contributed by atoms with Crippen LogP contribution in [0.5, 0.6) is 5.75 Å². The molecule has 0 fully saturated rings. The summed E-state index contributed by atoms with van der Waals surface area (Å²) in [6, 6.07) is 10.3. The average Bonchev–Trinajstić information content (AvgIpc) is 2.64. The second-order valence-electron chi connectivity index (χ2n) is 5.73. The monoisotopic (exact) mass is 425 g/mol. The Morgan fingerprint density at radius 3 is 2.43 bits per heavy atom. The van der Waals surface area contributed by atoms with E-state index in [0.717, 1.165) is 0 Å². The molecule has 0 saturated heterocycles. The molecule has 2 aromatic rings. The number of para-hydroxylation sites is 1. The summed E-state index contributed by atoms with van der Waals surface area (Å²) >= 11 is 6.00. The highest BCUT2D eigenvalue weighted by Gasteiger charge is 2.17. The van der Waals surface area contributed by atoms with Crippen LogP contribution >= 0.6 is 11.6 Å². The minimum Gasteiger partial charge on any atom is -0.510 e. The number of nitrogens with one attached hydrogen (secondary N) is 3. The predicted octanol–water partition coefficient (Wildman–Crippen LogP) is 3.18. The van der Waals surface area contributed by atoms with Crippen LogP contribution in [0.25, 0.3) is 0 Å². The van der Waals surface area contributed by atoms with Crippen LogP contribution in [0.2, 0.25) is 5.02 Å².